The maximum absolute atomic E-state index is 12.2. The molecule has 7 heteroatoms. The van der Waals surface area contributed by atoms with Crippen LogP contribution in [0.3, 0.4) is 0 Å². The van der Waals surface area contributed by atoms with Crippen molar-refractivity contribution in [2.45, 2.75) is 13.3 Å². The third-order valence-electron chi connectivity index (χ3n) is 2.37. The summed E-state index contributed by atoms with van der Waals surface area (Å²) in [5.74, 6) is 0.0959. The molecule has 2 aromatic rings. The molecule has 0 fully saturated rings. The summed E-state index contributed by atoms with van der Waals surface area (Å²) in [7, 11) is 0. The number of pyridine rings is 1. The van der Waals surface area contributed by atoms with Crippen LogP contribution < -0.4 is 15.2 Å². The van der Waals surface area contributed by atoms with Gasteiger partial charge in [-0.3, -0.25) is 0 Å². The number of halogens is 3. The Balaban J connectivity index is 2.20. The number of aromatic nitrogens is 1. The Kier molecular flexibility index (Phi) is 3.69. The van der Waals surface area contributed by atoms with E-state index in [9.17, 15) is 13.2 Å². The summed E-state index contributed by atoms with van der Waals surface area (Å²) in [6.07, 6.45) is -3.36. The molecule has 1 heterocycles. The Bertz CT molecular complexity index is 598. The highest BCUT2D eigenvalue weighted by Crippen LogP contribution is 2.31. The van der Waals surface area contributed by atoms with E-state index in [0.29, 0.717) is 11.3 Å². The molecule has 0 amide bonds. The zero-order valence-corrected chi connectivity index (χ0v) is 10.4. The maximum atomic E-state index is 12.2. The average molecular weight is 284 g/mol. The van der Waals surface area contributed by atoms with Crippen molar-refractivity contribution in [1.29, 1.82) is 0 Å². The van der Waals surface area contributed by atoms with Crippen LogP contribution in [0.4, 0.5) is 18.9 Å². The molecule has 0 radical (unpaired) electrons. The molecule has 0 saturated heterocycles. The van der Waals surface area contributed by atoms with E-state index in [2.05, 4.69) is 9.72 Å². The lowest BCUT2D eigenvalue weighted by molar-refractivity contribution is -0.274. The van der Waals surface area contributed by atoms with Crippen LogP contribution in [0.25, 0.3) is 0 Å². The summed E-state index contributed by atoms with van der Waals surface area (Å²) in [6, 6.07) is 7.23. The molecule has 0 aliphatic carbocycles. The van der Waals surface area contributed by atoms with Crippen LogP contribution in [0.15, 0.2) is 36.5 Å². The minimum absolute atomic E-state index is 0.187. The van der Waals surface area contributed by atoms with E-state index >= 15 is 0 Å². The first-order chi connectivity index (χ1) is 9.33. The Morgan fingerprint density at radius 2 is 1.90 bits per heavy atom. The normalized spacial score (nSPS) is 11.2. The van der Waals surface area contributed by atoms with Crippen LogP contribution in [-0.2, 0) is 0 Å². The summed E-state index contributed by atoms with van der Waals surface area (Å²) in [6.45, 7) is 1.51. The van der Waals surface area contributed by atoms with Gasteiger partial charge in [0.25, 0.3) is 0 Å². The lowest BCUT2D eigenvalue weighted by atomic mass is 10.2. The largest absolute Gasteiger partial charge is 0.573 e. The summed E-state index contributed by atoms with van der Waals surface area (Å²) < 4.78 is 45.9. The van der Waals surface area contributed by atoms with Crippen molar-refractivity contribution >= 4 is 5.69 Å². The van der Waals surface area contributed by atoms with Gasteiger partial charge in [0.2, 0.25) is 5.88 Å². The number of nitrogens with two attached hydrogens (primary N) is 1. The second kappa shape index (κ2) is 5.28. The monoisotopic (exact) mass is 284 g/mol. The molecule has 0 aliphatic rings. The van der Waals surface area contributed by atoms with Crippen LogP contribution >= 0.6 is 0 Å². The predicted octanol–water partition coefficient (Wildman–Crippen LogP) is 3.66. The van der Waals surface area contributed by atoms with E-state index in [1.54, 1.807) is 6.07 Å². The van der Waals surface area contributed by atoms with Gasteiger partial charge in [0.15, 0.2) is 0 Å². The Morgan fingerprint density at radius 1 is 1.15 bits per heavy atom. The third kappa shape index (κ3) is 3.78. The highest BCUT2D eigenvalue weighted by molar-refractivity contribution is 5.42. The molecule has 20 heavy (non-hydrogen) atoms. The van der Waals surface area contributed by atoms with Gasteiger partial charge in [0.1, 0.15) is 11.5 Å². The smallest absolute Gasteiger partial charge is 0.439 e. The molecular formula is C13H11F3N2O2. The first-order valence-electron chi connectivity index (χ1n) is 5.59. The van der Waals surface area contributed by atoms with Crippen LogP contribution in [0.2, 0.25) is 0 Å². The van der Waals surface area contributed by atoms with Crippen molar-refractivity contribution in [3.63, 3.8) is 0 Å². The lowest BCUT2D eigenvalue weighted by Crippen LogP contribution is -2.17. The van der Waals surface area contributed by atoms with E-state index in [1.807, 2.05) is 0 Å². The number of benzene rings is 1. The van der Waals surface area contributed by atoms with Crippen molar-refractivity contribution in [3.8, 4) is 17.4 Å². The van der Waals surface area contributed by atoms with Gasteiger partial charge in [-0.05, 0) is 24.6 Å². The van der Waals surface area contributed by atoms with Gasteiger partial charge >= 0.3 is 6.36 Å². The maximum Gasteiger partial charge on any atom is 0.573 e. The average Bonchev–Trinajstić information content (AvgIpc) is 2.34. The van der Waals surface area contributed by atoms with Crippen molar-refractivity contribution in [1.82, 2.24) is 4.98 Å². The molecule has 0 aliphatic heterocycles. The molecule has 106 valence electrons. The Morgan fingerprint density at radius 3 is 2.50 bits per heavy atom. The number of hydrogen-bond acceptors (Lipinski definition) is 4. The quantitative estimate of drug-likeness (QED) is 0.934. The molecule has 2 rings (SSSR count). The molecule has 4 nitrogen and oxygen atoms in total. The van der Waals surface area contributed by atoms with Crippen molar-refractivity contribution in [2.24, 2.45) is 0 Å². The lowest BCUT2D eigenvalue weighted by Gasteiger charge is -2.13. The van der Waals surface area contributed by atoms with Crippen LogP contribution in [0.5, 0.6) is 17.4 Å². The zero-order chi connectivity index (χ0) is 14.8. The van der Waals surface area contributed by atoms with Gasteiger partial charge in [0, 0.05) is 12.1 Å². The third-order valence-corrected chi connectivity index (χ3v) is 2.37. The molecule has 1 aromatic heterocycles. The zero-order valence-electron chi connectivity index (χ0n) is 10.4. The second-order valence-corrected chi connectivity index (χ2v) is 4.01. The molecule has 0 bridgehead atoms. The van der Waals surface area contributed by atoms with Gasteiger partial charge in [-0.25, -0.2) is 4.98 Å². The predicted molar refractivity (Wildman–Crippen MR) is 66.6 cm³/mol. The number of hydrogen-bond donors (Lipinski definition) is 1. The first kappa shape index (κ1) is 14.0. The fourth-order valence-corrected chi connectivity index (χ4v) is 1.45. The number of alkyl halides is 3. The summed E-state index contributed by atoms with van der Waals surface area (Å²) in [5.41, 5.74) is 6.28. The van der Waals surface area contributed by atoms with Crippen LogP contribution in [-0.4, -0.2) is 11.3 Å². The Hall–Kier alpha value is -2.44. The summed E-state index contributed by atoms with van der Waals surface area (Å²) in [4.78, 5) is 3.89. The van der Waals surface area contributed by atoms with Gasteiger partial charge in [-0.2, -0.15) is 0 Å². The number of nitrogen functional groups attached to an aromatic ring is 1. The van der Waals surface area contributed by atoms with Gasteiger partial charge in [-0.15, -0.1) is 13.2 Å². The van der Waals surface area contributed by atoms with Gasteiger partial charge in [0.05, 0.1) is 11.9 Å². The standard InChI is InChI=1S/C13H11F3N2O2/c1-8-2-4-10(6-11(8)20-13(14,15)16)19-12-5-3-9(17)7-18-12/h2-7H,17H2,1H3. The van der Waals surface area contributed by atoms with Crippen molar-refractivity contribution in [3.05, 3.63) is 42.1 Å². The molecule has 0 saturated carbocycles. The number of ether oxygens (including phenoxy) is 2. The highest BCUT2D eigenvalue weighted by atomic mass is 19.4. The number of anilines is 1. The van der Waals surface area contributed by atoms with E-state index in [1.165, 1.54) is 31.3 Å². The van der Waals surface area contributed by atoms with E-state index in [-0.39, 0.29) is 17.4 Å². The number of rotatable bonds is 3. The Labute approximate surface area is 113 Å². The molecule has 0 atom stereocenters. The van der Waals surface area contributed by atoms with Crippen molar-refractivity contribution < 1.29 is 22.6 Å². The van der Waals surface area contributed by atoms with Crippen molar-refractivity contribution in [2.75, 3.05) is 5.73 Å². The summed E-state index contributed by atoms with van der Waals surface area (Å²) >= 11 is 0. The SMILES string of the molecule is Cc1ccc(Oc2ccc(N)cn2)cc1OC(F)(F)F. The molecule has 0 unspecified atom stereocenters. The number of nitrogens with zero attached hydrogens (tertiary/aromatic N) is 1. The highest BCUT2D eigenvalue weighted by Gasteiger charge is 2.31. The summed E-state index contributed by atoms with van der Waals surface area (Å²) in [5, 5.41) is 0. The van der Waals surface area contributed by atoms with E-state index in [4.69, 9.17) is 10.5 Å². The van der Waals surface area contributed by atoms with E-state index in [0.717, 1.165) is 6.07 Å². The molecule has 1 aromatic carbocycles. The molecule has 0 spiro atoms. The van der Waals surface area contributed by atoms with Gasteiger partial charge in [-0.1, -0.05) is 6.07 Å². The fraction of sp³-hybridized carbons (Fsp3) is 0.154. The minimum Gasteiger partial charge on any atom is -0.439 e. The molecule has 2 N–H and O–H groups in total. The van der Waals surface area contributed by atoms with Crippen LogP contribution in [0.1, 0.15) is 5.56 Å². The molecular weight excluding hydrogens is 273 g/mol. The second-order valence-electron chi connectivity index (χ2n) is 4.01. The van der Waals surface area contributed by atoms with Gasteiger partial charge < -0.3 is 15.2 Å². The topological polar surface area (TPSA) is 57.4 Å². The minimum atomic E-state index is -4.75. The first-order valence-corrected chi connectivity index (χ1v) is 5.59. The fourth-order valence-electron chi connectivity index (χ4n) is 1.45. The number of aryl methyl sites for hydroxylation is 1. The van der Waals surface area contributed by atoms with Crippen LogP contribution in [0, 0.1) is 6.92 Å². The van der Waals surface area contributed by atoms with E-state index < -0.39 is 6.36 Å².